The first-order chi connectivity index (χ1) is 19.1. The number of halogens is 3. The van der Waals surface area contributed by atoms with Gasteiger partial charge in [-0.05, 0) is 101 Å². The fraction of sp³-hybridized carbons (Fsp3) is 0.781. The number of hydrogen-bond donors (Lipinski definition) is 1. The summed E-state index contributed by atoms with van der Waals surface area (Å²) in [6.07, 6.45) is 8.00. The molecule has 1 aromatic rings. The second-order valence-electron chi connectivity index (χ2n) is 12.7. The summed E-state index contributed by atoms with van der Waals surface area (Å²) in [4.78, 5) is 5.22. The average molecular weight is 564 g/mol. The highest BCUT2D eigenvalue weighted by atomic mass is 19.3. The van der Waals surface area contributed by atoms with Crippen molar-refractivity contribution in [3.05, 3.63) is 35.6 Å². The maximum absolute atomic E-state index is 14.2. The SMILES string of the molecule is CCC(C)C1N(C)N=C(C)N1C(CC)CC1CCCN1CC[C@H](NCC1CCC(F)(F)CC1)c1cccc(F)c1. The Balaban J connectivity index is 1.39. The van der Waals surface area contributed by atoms with Gasteiger partial charge >= 0.3 is 0 Å². The van der Waals surface area contributed by atoms with Crippen molar-refractivity contribution < 1.29 is 13.2 Å². The van der Waals surface area contributed by atoms with Crippen molar-refractivity contribution in [3.63, 3.8) is 0 Å². The summed E-state index contributed by atoms with van der Waals surface area (Å²) >= 11 is 0. The maximum atomic E-state index is 14.2. The van der Waals surface area contributed by atoms with E-state index in [0.29, 0.717) is 43.6 Å². The van der Waals surface area contributed by atoms with Crippen LogP contribution in [0, 0.1) is 17.7 Å². The molecule has 1 aliphatic carbocycles. The van der Waals surface area contributed by atoms with Crippen molar-refractivity contribution in [2.75, 3.05) is 26.7 Å². The van der Waals surface area contributed by atoms with Crippen LogP contribution >= 0.6 is 0 Å². The van der Waals surface area contributed by atoms with Gasteiger partial charge in [-0.1, -0.05) is 32.9 Å². The van der Waals surface area contributed by atoms with Crippen LogP contribution in [0.25, 0.3) is 0 Å². The van der Waals surface area contributed by atoms with Crippen LogP contribution in [0.1, 0.15) is 104 Å². The lowest BCUT2D eigenvalue weighted by Crippen LogP contribution is -2.51. The Hall–Kier alpha value is -1.80. The quantitative estimate of drug-likeness (QED) is 0.274. The lowest BCUT2D eigenvalue weighted by Gasteiger charge is -2.41. The number of hydrogen-bond acceptors (Lipinski definition) is 5. The first-order valence-electron chi connectivity index (χ1n) is 15.8. The fourth-order valence-electron chi connectivity index (χ4n) is 7.31. The first-order valence-corrected chi connectivity index (χ1v) is 15.8. The molecule has 2 aliphatic heterocycles. The molecule has 226 valence electrons. The van der Waals surface area contributed by atoms with Crippen molar-refractivity contribution in [1.82, 2.24) is 20.1 Å². The molecule has 40 heavy (non-hydrogen) atoms. The average Bonchev–Trinajstić information content (AvgIpc) is 3.49. The van der Waals surface area contributed by atoms with Gasteiger partial charge in [0, 0.05) is 44.6 Å². The second-order valence-corrected chi connectivity index (χ2v) is 12.7. The van der Waals surface area contributed by atoms with E-state index in [1.54, 1.807) is 12.1 Å². The molecule has 5 atom stereocenters. The molecule has 1 saturated carbocycles. The molecule has 5 nitrogen and oxygen atoms in total. The standard InChI is InChI=1S/C32H52F3N5/c1-6-23(3)31-38(5)37-24(4)40(31)28(7-2)21-29-12-9-18-39(29)19-15-30(26-10-8-11-27(33)20-26)36-22-25-13-16-32(34,35)17-14-25/h8,10-11,20,23,25,28-31,36H,6-7,9,12-19,21-22H2,1-5H3/t23?,28?,29?,30-,31?/m0/s1. The van der Waals surface area contributed by atoms with Crippen LogP contribution in [0.4, 0.5) is 13.2 Å². The largest absolute Gasteiger partial charge is 0.334 e. The second kappa shape index (κ2) is 13.9. The Morgan fingerprint density at radius 2 is 1.88 bits per heavy atom. The lowest BCUT2D eigenvalue weighted by molar-refractivity contribution is -0.0457. The molecule has 4 rings (SSSR count). The van der Waals surface area contributed by atoms with Gasteiger partial charge in [-0.15, -0.1) is 0 Å². The van der Waals surface area contributed by atoms with Gasteiger partial charge in [0.25, 0.3) is 0 Å². The van der Waals surface area contributed by atoms with E-state index in [9.17, 15) is 13.2 Å². The van der Waals surface area contributed by atoms with Crippen LogP contribution < -0.4 is 5.32 Å². The maximum Gasteiger partial charge on any atom is 0.248 e. The number of nitrogens with one attached hydrogen (secondary N) is 1. The van der Waals surface area contributed by atoms with Crippen molar-refractivity contribution in [1.29, 1.82) is 0 Å². The molecule has 4 unspecified atom stereocenters. The summed E-state index contributed by atoms with van der Waals surface area (Å²) in [5, 5.41) is 10.6. The van der Waals surface area contributed by atoms with Gasteiger partial charge in [-0.3, -0.25) is 5.01 Å². The minimum atomic E-state index is -2.51. The van der Waals surface area contributed by atoms with Crippen LogP contribution in [0.5, 0.6) is 0 Å². The fourth-order valence-corrected chi connectivity index (χ4v) is 7.31. The molecule has 0 spiro atoms. The van der Waals surface area contributed by atoms with E-state index < -0.39 is 5.92 Å². The highest BCUT2D eigenvalue weighted by Gasteiger charge is 2.39. The number of nitrogens with zero attached hydrogens (tertiary/aromatic N) is 4. The van der Waals surface area contributed by atoms with Crippen molar-refractivity contribution >= 4 is 5.84 Å². The third-order valence-corrected chi connectivity index (χ3v) is 9.85. The summed E-state index contributed by atoms with van der Waals surface area (Å²) in [6.45, 7) is 11.8. The predicted molar refractivity (Wildman–Crippen MR) is 158 cm³/mol. The summed E-state index contributed by atoms with van der Waals surface area (Å²) in [7, 11) is 2.10. The number of amidine groups is 1. The molecular weight excluding hydrogens is 511 g/mol. The van der Waals surface area contributed by atoms with Gasteiger partial charge in [-0.25, -0.2) is 13.2 Å². The normalized spacial score (nSPS) is 26.2. The molecule has 0 aromatic heterocycles. The van der Waals surface area contributed by atoms with Gasteiger partial charge in [0.2, 0.25) is 5.92 Å². The summed E-state index contributed by atoms with van der Waals surface area (Å²) in [5.74, 6) is -0.825. The van der Waals surface area contributed by atoms with E-state index in [-0.39, 0.29) is 30.6 Å². The van der Waals surface area contributed by atoms with E-state index in [0.717, 1.165) is 50.2 Å². The molecule has 0 amide bonds. The summed E-state index contributed by atoms with van der Waals surface area (Å²) in [6, 6.07) is 7.86. The topological polar surface area (TPSA) is 34.1 Å². The van der Waals surface area contributed by atoms with E-state index in [1.165, 1.54) is 18.9 Å². The van der Waals surface area contributed by atoms with Gasteiger partial charge in [0.05, 0.1) is 0 Å². The van der Waals surface area contributed by atoms with Crippen LogP contribution in [0.3, 0.4) is 0 Å². The van der Waals surface area contributed by atoms with Crippen LogP contribution in [0.15, 0.2) is 29.4 Å². The third-order valence-electron chi connectivity index (χ3n) is 9.85. The minimum absolute atomic E-state index is 0.0118. The molecule has 2 fully saturated rings. The Morgan fingerprint density at radius 1 is 1.12 bits per heavy atom. The van der Waals surface area contributed by atoms with Crippen molar-refractivity contribution in [3.8, 4) is 0 Å². The highest BCUT2D eigenvalue weighted by molar-refractivity contribution is 5.81. The Labute approximate surface area is 240 Å². The molecule has 3 aliphatic rings. The molecule has 0 bridgehead atoms. The number of alkyl halides is 2. The lowest BCUT2D eigenvalue weighted by atomic mass is 9.86. The van der Waals surface area contributed by atoms with Gasteiger partial charge in [-0.2, -0.15) is 5.10 Å². The van der Waals surface area contributed by atoms with Crippen LogP contribution in [-0.4, -0.2) is 71.5 Å². The Bertz CT molecular complexity index is 962. The molecule has 2 heterocycles. The highest BCUT2D eigenvalue weighted by Crippen LogP contribution is 2.36. The van der Waals surface area contributed by atoms with E-state index in [1.807, 2.05) is 6.07 Å². The molecule has 1 saturated heterocycles. The summed E-state index contributed by atoms with van der Waals surface area (Å²) in [5.41, 5.74) is 0.951. The van der Waals surface area contributed by atoms with Gasteiger partial charge in [0.1, 0.15) is 17.8 Å². The summed E-state index contributed by atoms with van der Waals surface area (Å²) < 4.78 is 41.5. The number of benzene rings is 1. The molecule has 1 aromatic carbocycles. The third kappa shape index (κ3) is 7.72. The zero-order valence-electron chi connectivity index (χ0n) is 25.4. The zero-order chi connectivity index (χ0) is 28.9. The van der Waals surface area contributed by atoms with E-state index in [2.05, 4.69) is 54.9 Å². The van der Waals surface area contributed by atoms with Crippen LogP contribution in [-0.2, 0) is 0 Å². The molecule has 8 heteroatoms. The monoisotopic (exact) mass is 563 g/mol. The van der Waals surface area contributed by atoms with Gasteiger partial charge < -0.3 is 15.1 Å². The zero-order valence-corrected chi connectivity index (χ0v) is 25.4. The number of hydrazone groups is 1. The Morgan fingerprint density at radius 3 is 2.55 bits per heavy atom. The minimum Gasteiger partial charge on any atom is -0.334 e. The van der Waals surface area contributed by atoms with Crippen LogP contribution in [0.2, 0.25) is 0 Å². The van der Waals surface area contributed by atoms with Gasteiger partial charge in [0.15, 0.2) is 0 Å². The van der Waals surface area contributed by atoms with Crippen molar-refractivity contribution in [2.45, 2.75) is 122 Å². The first kappa shape index (κ1) is 31.1. The predicted octanol–water partition coefficient (Wildman–Crippen LogP) is 7.26. The number of rotatable bonds is 13. The Kier molecular flexibility index (Phi) is 10.8. The number of likely N-dealkylation sites (tertiary alicyclic amines) is 1. The molecular formula is C32H52F3N5. The van der Waals surface area contributed by atoms with E-state index in [4.69, 9.17) is 5.10 Å². The molecule has 0 radical (unpaired) electrons. The molecule has 1 N–H and O–H groups in total. The van der Waals surface area contributed by atoms with E-state index >= 15 is 0 Å². The van der Waals surface area contributed by atoms with Crippen molar-refractivity contribution in [2.24, 2.45) is 16.9 Å². The smallest absolute Gasteiger partial charge is 0.248 e.